The van der Waals surface area contributed by atoms with E-state index < -0.39 is 0 Å². The number of nitrogens with zero attached hydrogens (tertiary/aromatic N) is 1. The summed E-state index contributed by atoms with van der Waals surface area (Å²) in [4.78, 5) is 29.4. The molecule has 35 heavy (non-hydrogen) atoms. The third-order valence-electron chi connectivity index (χ3n) is 7.15. The molecule has 2 aromatic rings. The number of piperidine rings is 1. The third kappa shape index (κ3) is 5.70. The van der Waals surface area contributed by atoms with Crippen LogP contribution in [0.25, 0.3) is 0 Å². The van der Waals surface area contributed by atoms with Crippen molar-refractivity contribution in [3.8, 4) is 0 Å². The molecule has 2 unspecified atom stereocenters. The number of aryl methyl sites for hydroxylation is 1. The van der Waals surface area contributed by atoms with Crippen LogP contribution in [0.2, 0.25) is 5.02 Å². The number of allylic oxidation sites excluding steroid dienone is 3. The van der Waals surface area contributed by atoms with Crippen molar-refractivity contribution in [2.45, 2.75) is 58.4 Å². The van der Waals surface area contributed by atoms with E-state index in [1.54, 1.807) is 12.1 Å². The number of halogens is 1. The summed E-state index contributed by atoms with van der Waals surface area (Å²) in [6.45, 7) is 9.04. The van der Waals surface area contributed by atoms with E-state index in [4.69, 9.17) is 11.6 Å². The summed E-state index contributed by atoms with van der Waals surface area (Å²) in [7, 11) is 0. The molecule has 3 atom stereocenters. The van der Waals surface area contributed by atoms with Crippen LogP contribution in [0.1, 0.15) is 61.5 Å². The number of carbonyl (C=O) groups is 2. The Bertz CT molecular complexity index is 1160. The van der Waals surface area contributed by atoms with Crippen molar-refractivity contribution in [1.29, 1.82) is 0 Å². The molecule has 1 aliphatic carbocycles. The van der Waals surface area contributed by atoms with Crippen molar-refractivity contribution in [2.75, 3.05) is 11.9 Å². The van der Waals surface area contributed by atoms with Gasteiger partial charge in [0, 0.05) is 28.7 Å². The smallest absolute Gasteiger partial charge is 0.254 e. The van der Waals surface area contributed by atoms with E-state index in [0.717, 1.165) is 30.5 Å². The molecule has 0 radical (unpaired) electrons. The van der Waals surface area contributed by atoms with Gasteiger partial charge in [-0.3, -0.25) is 9.59 Å². The maximum absolute atomic E-state index is 13.8. The number of nitrogens with one attached hydrogen (secondary N) is 1. The number of hydrogen-bond acceptors (Lipinski definition) is 2. The van der Waals surface area contributed by atoms with Crippen molar-refractivity contribution in [3.63, 3.8) is 0 Å². The SMILES string of the molecule is Cc1cc(Cl)ccc1C(=O)N1CCCC(C(=O)Nc2cccc(C(C)(C)C)c2)[C@@H]1C1C=CC=CC1. The first-order chi connectivity index (χ1) is 16.6. The van der Waals surface area contributed by atoms with Crippen molar-refractivity contribution in [1.82, 2.24) is 4.90 Å². The number of rotatable bonds is 4. The molecular formula is C30H35ClN2O2. The summed E-state index contributed by atoms with van der Waals surface area (Å²) in [6.07, 6.45) is 10.7. The van der Waals surface area contributed by atoms with Crippen LogP contribution in [0, 0.1) is 18.8 Å². The van der Waals surface area contributed by atoms with Crippen LogP contribution in [0.4, 0.5) is 5.69 Å². The third-order valence-corrected chi connectivity index (χ3v) is 7.39. The Morgan fingerprint density at radius 3 is 2.57 bits per heavy atom. The second kappa shape index (κ2) is 10.4. The van der Waals surface area contributed by atoms with Gasteiger partial charge in [0.05, 0.1) is 12.0 Å². The molecule has 1 aliphatic heterocycles. The van der Waals surface area contributed by atoms with Gasteiger partial charge >= 0.3 is 0 Å². The van der Waals surface area contributed by atoms with Gasteiger partial charge in [0.25, 0.3) is 5.91 Å². The Morgan fingerprint density at radius 2 is 1.89 bits per heavy atom. The zero-order valence-electron chi connectivity index (χ0n) is 21.1. The predicted octanol–water partition coefficient (Wildman–Crippen LogP) is 6.94. The fourth-order valence-electron chi connectivity index (χ4n) is 5.24. The second-order valence-corrected chi connectivity index (χ2v) is 11.2. The normalized spacial score (nSPS) is 22.2. The minimum absolute atomic E-state index is 0.00695. The van der Waals surface area contributed by atoms with Gasteiger partial charge in [-0.2, -0.15) is 0 Å². The lowest BCUT2D eigenvalue weighted by Gasteiger charge is -2.44. The number of carbonyl (C=O) groups excluding carboxylic acids is 2. The average molecular weight is 491 g/mol. The Kier molecular flexibility index (Phi) is 7.51. The first-order valence-electron chi connectivity index (χ1n) is 12.5. The van der Waals surface area contributed by atoms with Crippen LogP contribution in [0.5, 0.6) is 0 Å². The summed E-state index contributed by atoms with van der Waals surface area (Å²) in [5.41, 5.74) is 3.47. The number of likely N-dealkylation sites (tertiary alicyclic amines) is 1. The van der Waals surface area contributed by atoms with Gasteiger partial charge in [0.2, 0.25) is 5.91 Å². The van der Waals surface area contributed by atoms with Gasteiger partial charge in [0.15, 0.2) is 0 Å². The highest BCUT2D eigenvalue weighted by Crippen LogP contribution is 2.35. The highest BCUT2D eigenvalue weighted by molar-refractivity contribution is 6.30. The summed E-state index contributed by atoms with van der Waals surface area (Å²) in [6, 6.07) is 13.2. The predicted molar refractivity (Wildman–Crippen MR) is 144 cm³/mol. The van der Waals surface area contributed by atoms with E-state index in [2.05, 4.69) is 50.4 Å². The van der Waals surface area contributed by atoms with Crippen LogP contribution < -0.4 is 5.32 Å². The molecule has 2 aliphatic rings. The zero-order chi connectivity index (χ0) is 25.2. The molecule has 184 valence electrons. The van der Waals surface area contributed by atoms with Crippen LogP contribution in [0.3, 0.4) is 0 Å². The van der Waals surface area contributed by atoms with Crippen LogP contribution in [0.15, 0.2) is 66.8 Å². The van der Waals surface area contributed by atoms with Gasteiger partial charge in [0.1, 0.15) is 0 Å². The molecule has 2 amide bonds. The lowest BCUT2D eigenvalue weighted by Crippen LogP contribution is -2.55. The molecule has 0 bridgehead atoms. The quantitative estimate of drug-likeness (QED) is 0.504. The zero-order valence-corrected chi connectivity index (χ0v) is 21.8. The monoisotopic (exact) mass is 490 g/mol. The largest absolute Gasteiger partial charge is 0.334 e. The molecule has 1 saturated heterocycles. The van der Waals surface area contributed by atoms with Crippen LogP contribution in [-0.2, 0) is 10.2 Å². The molecule has 0 saturated carbocycles. The van der Waals surface area contributed by atoms with E-state index in [1.807, 2.05) is 42.2 Å². The maximum Gasteiger partial charge on any atom is 0.254 e. The van der Waals surface area contributed by atoms with Crippen molar-refractivity contribution < 1.29 is 9.59 Å². The molecule has 0 aromatic heterocycles. The molecule has 1 heterocycles. The standard InChI is InChI=1S/C30H35ClN2O2/c1-20-18-23(31)15-16-25(20)29(35)33-17-9-14-26(27(33)21-10-6-5-7-11-21)28(34)32-24-13-8-12-22(19-24)30(2,3)4/h5-8,10,12-13,15-16,18-19,21,26-27H,9,11,14,17H2,1-4H3,(H,32,34)/t21?,26?,27-/m0/s1. The number of anilines is 1. The molecular weight excluding hydrogens is 456 g/mol. The van der Waals surface area contributed by atoms with Gasteiger partial charge in [-0.25, -0.2) is 0 Å². The Hall–Kier alpha value is -2.85. The van der Waals surface area contributed by atoms with Gasteiger partial charge < -0.3 is 10.2 Å². The minimum Gasteiger partial charge on any atom is -0.334 e. The fraction of sp³-hybridized carbons (Fsp3) is 0.400. The van der Waals surface area contributed by atoms with E-state index in [1.165, 1.54) is 5.56 Å². The van der Waals surface area contributed by atoms with E-state index in [-0.39, 0.29) is 35.1 Å². The van der Waals surface area contributed by atoms with Crippen LogP contribution >= 0.6 is 11.6 Å². The number of amides is 2. The lowest BCUT2D eigenvalue weighted by atomic mass is 9.77. The maximum atomic E-state index is 13.8. The van der Waals surface area contributed by atoms with Crippen molar-refractivity contribution >= 4 is 29.1 Å². The van der Waals surface area contributed by atoms with Crippen molar-refractivity contribution in [3.05, 3.63) is 88.5 Å². The van der Waals surface area contributed by atoms with E-state index in [9.17, 15) is 9.59 Å². The van der Waals surface area contributed by atoms with Gasteiger partial charge in [-0.05, 0) is 73.1 Å². The molecule has 1 fully saturated rings. The summed E-state index contributed by atoms with van der Waals surface area (Å²) >= 11 is 6.14. The molecule has 1 N–H and O–H groups in total. The highest BCUT2D eigenvalue weighted by atomic mass is 35.5. The first-order valence-corrected chi connectivity index (χ1v) is 12.8. The Labute approximate surface area is 214 Å². The van der Waals surface area contributed by atoms with Crippen LogP contribution in [-0.4, -0.2) is 29.3 Å². The molecule has 4 nitrogen and oxygen atoms in total. The van der Waals surface area contributed by atoms with E-state index in [0.29, 0.717) is 17.1 Å². The fourth-order valence-corrected chi connectivity index (χ4v) is 5.47. The molecule has 2 aromatic carbocycles. The van der Waals surface area contributed by atoms with Gasteiger partial charge in [-0.1, -0.05) is 68.8 Å². The minimum atomic E-state index is -0.292. The molecule has 4 rings (SSSR count). The summed E-state index contributed by atoms with van der Waals surface area (Å²) in [5.74, 6) is -0.248. The molecule has 0 spiro atoms. The van der Waals surface area contributed by atoms with Crippen molar-refractivity contribution in [2.24, 2.45) is 11.8 Å². The topological polar surface area (TPSA) is 49.4 Å². The average Bonchev–Trinajstić information content (AvgIpc) is 2.83. The van der Waals surface area contributed by atoms with Gasteiger partial charge in [-0.15, -0.1) is 0 Å². The lowest BCUT2D eigenvalue weighted by molar-refractivity contribution is -0.123. The van der Waals surface area contributed by atoms with E-state index >= 15 is 0 Å². The molecule has 5 heteroatoms. The number of hydrogen-bond donors (Lipinski definition) is 1. The summed E-state index contributed by atoms with van der Waals surface area (Å²) in [5, 5.41) is 3.79. The number of benzene rings is 2. The highest BCUT2D eigenvalue weighted by Gasteiger charge is 2.42. The first kappa shape index (κ1) is 25.2. The second-order valence-electron chi connectivity index (χ2n) is 10.7. The Morgan fingerprint density at radius 1 is 1.09 bits per heavy atom. The Balaban J connectivity index is 1.64. The summed E-state index contributed by atoms with van der Waals surface area (Å²) < 4.78 is 0.